The number of methoxy groups -OCH3 is 1. The SMILES string of the molecule is CO[C@@H]1C(N)C(OC2\C=C/C=C/C(C)=C/C=C/C(C)=C/CC(C)NC(=O)/C(CC(C)C)=C/C(C)=C/C=C/C=C/C2(C)O)OC[C@H]1O. The lowest BCUT2D eigenvalue weighted by molar-refractivity contribution is -0.254. The second-order valence-electron chi connectivity index (χ2n) is 12.8. The Bertz CT molecular complexity index is 1260. The van der Waals surface area contributed by atoms with Crippen LogP contribution in [0.3, 0.4) is 0 Å². The molecule has 7 atom stereocenters. The van der Waals surface area contributed by atoms with Gasteiger partial charge in [-0.1, -0.05) is 116 Å². The van der Waals surface area contributed by atoms with Crippen LogP contribution in [0.25, 0.3) is 0 Å². The third-order valence-corrected chi connectivity index (χ3v) is 7.61. The fraction of sp³-hybridized carbons (Fsp3) is 0.500. The molecule has 5 N–H and O–H groups in total. The average molecular weight is 637 g/mol. The van der Waals surface area contributed by atoms with Crippen LogP contribution in [0.4, 0.5) is 0 Å². The molecule has 46 heavy (non-hydrogen) atoms. The van der Waals surface area contributed by atoms with E-state index in [0.717, 1.165) is 28.7 Å². The Morgan fingerprint density at radius 2 is 1.74 bits per heavy atom. The summed E-state index contributed by atoms with van der Waals surface area (Å²) >= 11 is 0. The van der Waals surface area contributed by atoms with Gasteiger partial charge >= 0.3 is 0 Å². The Balaban J connectivity index is 2.45. The number of amides is 1. The van der Waals surface area contributed by atoms with Crippen LogP contribution >= 0.6 is 0 Å². The molecule has 0 aliphatic carbocycles. The summed E-state index contributed by atoms with van der Waals surface area (Å²) in [4.78, 5) is 13.2. The maximum Gasteiger partial charge on any atom is 0.247 e. The summed E-state index contributed by atoms with van der Waals surface area (Å²) in [6, 6.07) is -0.769. The van der Waals surface area contributed by atoms with Gasteiger partial charge in [0.1, 0.15) is 23.9 Å². The lowest BCUT2D eigenvalue weighted by atomic mass is 9.96. The fourth-order valence-electron chi connectivity index (χ4n) is 4.96. The maximum atomic E-state index is 13.2. The van der Waals surface area contributed by atoms with Gasteiger partial charge in [-0.25, -0.2) is 0 Å². The molecule has 8 nitrogen and oxygen atoms in total. The van der Waals surface area contributed by atoms with Crippen molar-refractivity contribution >= 4 is 5.91 Å². The van der Waals surface area contributed by atoms with Crippen molar-refractivity contribution in [2.75, 3.05) is 13.7 Å². The Hall–Kier alpha value is -3.11. The summed E-state index contributed by atoms with van der Waals surface area (Å²) in [5.41, 5.74) is 8.68. The van der Waals surface area contributed by atoms with E-state index >= 15 is 0 Å². The number of hydrogen-bond donors (Lipinski definition) is 4. The Morgan fingerprint density at radius 1 is 1.04 bits per heavy atom. The molecule has 1 saturated heterocycles. The molecule has 0 aromatic heterocycles. The number of carbonyl (C=O) groups is 1. The third-order valence-electron chi connectivity index (χ3n) is 7.61. The molecule has 0 aromatic rings. The molecule has 2 aliphatic rings. The smallest absolute Gasteiger partial charge is 0.247 e. The molecular formula is C38H56N2O6. The highest BCUT2D eigenvalue weighted by atomic mass is 16.7. The first-order valence-electron chi connectivity index (χ1n) is 16.1. The molecule has 0 aromatic carbocycles. The zero-order chi connectivity index (χ0) is 34.3. The summed E-state index contributed by atoms with van der Waals surface area (Å²) in [5.74, 6) is 0.275. The van der Waals surface area contributed by atoms with Crippen LogP contribution in [-0.4, -0.2) is 72.1 Å². The highest BCUT2D eigenvalue weighted by molar-refractivity contribution is 5.94. The van der Waals surface area contributed by atoms with Crippen LogP contribution in [0, 0.1) is 5.92 Å². The van der Waals surface area contributed by atoms with Gasteiger partial charge in [-0.3, -0.25) is 4.79 Å². The van der Waals surface area contributed by atoms with E-state index in [0.29, 0.717) is 12.3 Å². The van der Waals surface area contributed by atoms with E-state index in [1.54, 1.807) is 25.2 Å². The highest BCUT2D eigenvalue weighted by Gasteiger charge is 2.41. The van der Waals surface area contributed by atoms with Gasteiger partial charge in [-0.05, 0) is 53.4 Å². The minimum Gasteiger partial charge on any atom is -0.388 e. The number of hydrogen-bond acceptors (Lipinski definition) is 7. The van der Waals surface area contributed by atoms with Gasteiger partial charge in [-0.2, -0.15) is 0 Å². The number of carbonyl (C=O) groups excluding carboxylic acids is 1. The quantitative estimate of drug-likeness (QED) is 0.306. The second kappa shape index (κ2) is 19.5. The third kappa shape index (κ3) is 13.7. The van der Waals surface area contributed by atoms with Crippen LogP contribution in [0.5, 0.6) is 0 Å². The van der Waals surface area contributed by atoms with Gasteiger partial charge in [0.05, 0.1) is 12.6 Å². The van der Waals surface area contributed by atoms with E-state index in [1.807, 2.05) is 88.5 Å². The van der Waals surface area contributed by atoms with E-state index in [9.17, 15) is 15.0 Å². The molecule has 2 rings (SSSR count). The first-order valence-corrected chi connectivity index (χ1v) is 16.1. The van der Waals surface area contributed by atoms with Gasteiger partial charge in [0.25, 0.3) is 0 Å². The number of aliphatic hydroxyl groups excluding tert-OH is 1. The van der Waals surface area contributed by atoms with Gasteiger partial charge in [0.15, 0.2) is 6.29 Å². The minimum atomic E-state index is -1.44. The van der Waals surface area contributed by atoms with Crippen molar-refractivity contribution in [3.8, 4) is 0 Å². The lowest BCUT2D eigenvalue weighted by Crippen LogP contribution is -2.60. The van der Waals surface area contributed by atoms with Crippen LogP contribution in [0.1, 0.15) is 61.3 Å². The zero-order valence-electron chi connectivity index (χ0n) is 28.9. The van der Waals surface area contributed by atoms with Gasteiger partial charge in [-0.15, -0.1) is 0 Å². The molecule has 1 fully saturated rings. The lowest BCUT2D eigenvalue weighted by Gasteiger charge is -2.40. The maximum absolute atomic E-state index is 13.2. The number of nitrogens with one attached hydrogen (secondary N) is 1. The highest BCUT2D eigenvalue weighted by Crippen LogP contribution is 2.25. The van der Waals surface area contributed by atoms with E-state index in [4.69, 9.17) is 19.9 Å². The fourth-order valence-corrected chi connectivity index (χ4v) is 4.96. The van der Waals surface area contributed by atoms with Crippen LogP contribution in [0.2, 0.25) is 0 Å². The van der Waals surface area contributed by atoms with Crippen molar-refractivity contribution < 1.29 is 29.2 Å². The van der Waals surface area contributed by atoms with E-state index < -0.39 is 36.2 Å². The molecule has 0 radical (unpaired) electrons. The van der Waals surface area contributed by atoms with E-state index in [1.165, 1.54) is 7.11 Å². The summed E-state index contributed by atoms with van der Waals surface area (Å²) in [6.07, 6.45) is 24.6. The number of nitrogens with two attached hydrogens (primary N) is 1. The molecule has 8 heteroatoms. The molecule has 5 unspecified atom stereocenters. The predicted octanol–water partition coefficient (Wildman–Crippen LogP) is 5.68. The number of rotatable bonds is 5. The summed E-state index contributed by atoms with van der Waals surface area (Å²) in [6.45, 7) is 13.9. The van der Waals surface area contributed by atoms with Crippen LogP contribution < -0.4 is 11.1 Å². The second-order valence-corrected chi connectivity index (χ2v) is 12.8. The number of ether oxygens (including phenoxy) is 3. The molecule has 254 valence electrons. The number of aliphatic hydroxyl groups is 2. The average Bonchev–Trinajstić information content (AvgIpc) is 2.97. The molecule has 2 heterocycles. The molecule has 0 saturated carbocycles. The Morgan fingerprint density at radius 3 is 2.43 bits per heavy atom. The van der Waals surface area contributed by atoms with Crippen molar-refractivity contribution in [3.05, 3.63) is 107 Å². The van der Waals surface area contributed by atoms with E-state index in [2.05, 4.69) is 25.2 Å². The largest absolute Gasteiger partial charge is 0.388 e. The Kier molecular flexibility index (Phi) is 16.6. The van der Waals surface area contributed by atoms with Crippen molar-refractivity contribution in [1.29, 1.82) is 0 Å². The zero-order valence-corrected chi connectivity index (χ0v) is 28.9. The summed E-state index contributed by atoms with van der Waals surface area (Å²) in [7, 11) is 1.48. The van der Waals surface area contributed by atoms with Crippen molar-refractivity contribution in [3.63, 3.8) is 0 Å². The molecule has 0 bridgehead atoms. The van der Waals surface area contributed by atoms with Crippen molar-refractivity contribution in [1.82, 2.24) is 5.32 Å². The van der Waals surface area contributed by atoms with Crippen LogP contribution in [0.15, 0.2) is 107 Å². The first-order chi connectivity index (χ1) is 21.7. The van der Waals surface area contributed by atoms with E-state index in [-0.39, 0.29) is 18.6 Å². The minimum absolute atomic E-state index is 0.000198. The van der Waals surface area contributed by atoms with Gasteiger partial charge in [0, 0.05) is 18.7 Å². The summed E-state index contributed by atoms with van der Waals surface area (Å²) < 4.78 is 17.3. The standard InChI is InChI=1S/C38H56N2O6/c1-26(2)23-31-24-29(5)16-10-9-13-22-38(7,43)33(46-37-34(39)35(44-8)32(41)25-45-37)19-12-11-15-27(3)17-14-18-28(4)20-21-30(6)40-36(31)42/h9-20,22,24,26,30,32-35,37,41,43H,21,23,25,39H2,1-8H3,(H,40,42)/b10-9+,15-11+,18-14+,19-12-,22-13+,27-17+,28-20+,29-16+,31-24+/t30?,32-,33?,34?,35+,37?,38?/m1/s1. The number of allylic oxidation sites excluding steroid dienone is 14. The topological polar surface area (TPSA) is 123 Å². The predicted molar refractivity (Wildman–Crippen MR) is 187 cm³/mol. The first kappa shape index (κ1) is 39.1. The van der Waals surface area contributed by atoms with Gasteiger partial charge in [0.2, 0.25) is 5.91 Å². The Labute approximate surface area is 276 Å². The van der Waals surface area contributed by atoms with Crippen molar-refractivity contribution in [2.24, 2.45) is 11.7 Å². The normalized spacial score (nSPS) is 39.1. The summed E-state index contributed by atoms with van der Waals surface area (Å²) in [5, 5.41) is 24.9. The monoisotopic (exact) mass is 636 g/mol. The van der Waals surface area contributed by atoms with Crippen molar-refractivity contribution in [2.45, 2.75) is 104 Å². The molecular weight excluding hydrogens is 580 g/mol. The molecule has 1 amide bonds. The molecule has 2 aliphatic heterocycles. The van der Waals surface area contributed by atoms with Gasteiger partial charge < -0.3 is 35.5 Å². The molecule has 0 spiro atoms. The van der Waals surface area contributed by atoms with Crippen LogP contribution in [-0.2, 0) is 19.0 Å².